The van der Waals surface area contributed by atoms with Crippen molar-refractivity contribution < 1.29 is 14.2 Å². The largest absolute Gasteiger partial charge is 0.493 e. The molecule has 0 saturated heterocycles. The molecule has 21 heavy (non-hydrogen) atoms. The van der Waals surface area contributed by atoms with E-state index in [1.54, 1.807) is 27.5 Å². The van der Waals surface area contributed by atoms with E-state index >= 15 is 0 Å². The summed E-state index contributed by atoms with van der Waals surface area (Å²) in [6.07, 6.45) is 2.36. The second-order valence-electron chi connectivity index (χ2n) is 4.42. The van der Waals surface area contributed by atoms with Crippen LogP contribution in [0.1, 0.15) is 16.6 Å². The lowest BCUT2D eigenvalue weighted by Crippen LogP contribution is -2.03. The average Bonchev–Trinajstić information content (AvgIpc) is 2.53. The lowest BCUT2D eigenvalue weighted by Gasteiger charge is -2.18. The van der Waals surface area contributed by atoms with Gasteiger partial charge in [-0.1, -0.05) is 6.07 Å². The van der Waals surface area contributed by atoms with Crippen LogP contribution in [0.2, 0.25) is 0 Å². The van der Waals surface area contributed by atoms with Crippen molar-refractivity contribution >= 4 is 11.6 Å². The summed E-state index contributed by atoms with van der Waals surface area (Å²) in [4.78, 5) is 4.29. The number of nitrogens with zero attached hydrogens (tertiary/aromatic N) is 1. The molecule has 4 nitrogen and oxygen atoms in total. The molecule has 0 aliphatic heterocycles. The zero-order valence-corrected chi connectivity index (χ0v) is 13.1. The van der Waals surface area contributed by atoms with Crippen LogP contribution in [0.5, 0.6) is 17.2 Å². The molecule has 0 aliphatic rings. The number of rotatable bonds is 6. The maximum absolute atomic E-state index is 6.53. The van der Waals surface area contributed by atoms with E-state index in [1.165, 1.54) is 0 Å². The van der Waals surface area contributed by atoms with Gasteiger partial charge in [-0.3, -0.25) is 4.98 Å². The van der Waals surface area contributed by atoms with Crippen molar-refractivity contribution in [3.05, 3.63) is 47.8 Å². The van der Waals surface area contributed by atoms with E-state index in [2.05, 4.69) is 4.98 Å². The van der Waals surface area contributed by atoms with Gasteiger partial charge in [0.2, 0.25) is 5.75 Å². The van der Waals surface area contributed by atoms with Gasteiger partial charge in [0.15, 0.2) is 11.5 Å². The Kier molecular flexibility index (Phi) is 5.28. The molecule has 1 unspecified atom stereocenters. The Morgan fingerprint density at radius 3 is 2.33 bits per heavy atom. The monoisotopic (exact) mass is 307 g/mol. The zero-order chi connectivity index (χ0) is 15.2. The van der Waals surface area contributed by atoms with Gasteiger partial charge in [-0.15, -0.1) is 11.6 Å². The molecule has 0 bridgehead atoms. The number of ether oxygens (including phenoxy) is 3. The first kappa shape index (κ1) is 15.4. The minimum Gasteiger partial charge on any atom is -0.493 e. The van der Waals surface area contributed by atoms with Crippen LogP contribution in [0.15, 0.2) is 36.5 Å². The zero-order valence-electron chi connectivity index (χ0n) is 12.3. The fourth-order valence-electron chi connectivity index (χ4n) is 2.18. The van der Waals surface area contributed by atoms with Crippen LogP contribution in [0, 0.1) is 0 Å². The van der Waals surface area contributed by atoms with Crippen LogP contribution in [0.3, 0.4) is 0 Å². The molecule has 1 aromatic heterocycles. The summed E-state index contributed by atoms with van der Waals surface area (Å²) in [5.74, 6) is 1.75. The quantitative estimate of drug-likeness (QED) is 0.764. The van der Waals surface area contributed by atoms with Gasteiger partial charge in [-0.2, -0.15) is 0 Å². The molecule has 112 valence electrons. The first-order valence-corrected chi connectivity index (χ1v) is 6.97. The van der Waals surface area contributed by atoms with Gasteiger partial charge in [0.05, 0.1) is 26.7 Å². The van der Waals surface area contributed by atoms with Gasteiger partial charge in [-0.05, 0) is 24.3 Å². The smallest absolute Gasteiger partial charge is 0.203 e. The molecule has 0 N–H and O–H groups in total. The number of benzene rings is 1. The van der Waals surface area contributed by atoms with E-state index in [0.29, 0.717) is 23.7 Å². The van der Waals surface area contributed by atoms with Crippen LogP contribution in [-0.2, 0) is 6.42 Å². The van der Waals surface area contributed by atoms with Crippen molar-refractivity contribution in [1.82, 2.24) is 4.98 Å². The molecule has 1 atom stereocenters. The number of alkyl halides is 1. The molecule has 0 radical (unpaired) electrons. The van der Waals surface area contributed by atoms with E-state index in [-0.39, 0.29) is 5.38 Å². The van der Waals surface area contributed by atoms with Crippen molar-refractivity contribution in [3.8, 4) is 17.2 Å². The Hall–Kier alpha value is -1.94. The minimum atomic E-state index is -0.269. The predicted molar refractivity (Wildman–Crippen MR) is 82.6 cm³/mol. The molecular formula is C16H18ClNO3. The number of methoxy groups -OCH3 is 3. The van der Waals surface area contributed by atoms with E-state index in [9.17, 15) is 0 Å². The van der Waals surface area contributed by atoms with Crippen molar-refractivity contribution in [2.45, 2.75) is 11.8 Å². The van der Waals surface area contributed by atoms with E-state index < -0.39 is 0 Å². The molecule has 1 aromatic carbocycles. The molecule has 0 amide bonds. The van der Waals surface area contributed by atoms with Gasteiger partial charge < -0.3 is 14.2 Å². The predicted octanol–water partition coefficient (Wildman–Crippen LogP) is 3.63. The maximum Gasteiger partial charge on any atom is 0.203 e. The standard InChI is InChI=1S/C16H18ClNO3/c1-19-14-8-7-12(15(20-2)16(14)21-3)13(17)10-11-6-4-5-9-18-11/h4-9,13H,10H2,1-3H3. The summed E-state index contributed by atoms with van der Waals surface area (Å²) < 4.78 is 16.1. The Balaban J connectivity index is 2.34. The van der Waals surface area contributed by atoms with E-state index in [4.69, 9.17) is 25.8 Å². The maximum atomic E-state index is 6.53. The minimum absolute atomic E-state index is 0.269. The highest BCUT2D eigenvalue weighted by Gasteiger charge is 2.21. The number of pyridine rings is 1. The van der Waals surface area contributed by atoms with Crippen molar-refractivity contribution in [1.29, 1.82) is 0 Å². The molecule has 5 heteroatoms. The summed E-state index contributed by atoms with van der Waals surface area (Å²) >= 11 is 6.53. The third kappa shape index (κ3) is 3.39. The third-order valence-electron chi connectivity index (χ3n) is 3.19. The molecule has 0 spiro atoms. The highest BCUT2D eigenvalue weighted by molar-refractivity contribution is 6.21. The fourth-order valence-corrected chi connectivity index (χ4v) is 2.51. The van der Waals surface area contributed by atoms with Gasteiger partial charge in [0, 0.05) is 23.9 Å². The SMILES string of the molecule is COc1ccc(C(Cl)Cc2ccccn2)c(OC)c1OC. The Morgan fingerprint density at radius 2 is 1.76 bits per heavy atom. The first-order valence-electron chi connectivity index (χ1n) is 6.54. The van der Waals surface area contributed by atoms with Gasteiger partial charge in [0.1, 0.15) is 0 Å². The second-order valence-corrected chi connectivity index (χ2v) is 4.94. The van der Waals surface area contributed by atoms with Crippen LogP contribution < -0.4 is 14.2 Å². The third-order valence-corrected chi connectivity index (χ3v) is 3.58. The number of hydrogen-bond acceptors (Lipinski definition) is 4. The van der Waals surface area contributed by atoms with Crippen LogP contribution >= 0.6 is 11.6 Å². The van der Waals surface area contributed by atoms with Crippen molar-refractivity contribution in [3.63, 3.8) is 0 Å². The summed E-state index contributed by atoms with van der Waals surface area (Å²) in [5.41, 5.74) is 1.77. The van der Waals surface area contributed by atoms with Crippen LogP contribution in [0.4, 0.5) is 0 Å². The average molecular weight is 308 g/mol. The van der Waals surface area contributed by atoms with Crippen molar-refractivity contribution in [2.75, 3.05) is 21.3 Å². The number of aromatic nitrogens is 1. The van der Waals surface area contributed by atoms with Gasteiger partial charge in [-0.25, -0.2) is 0 Å². The molecule has 0 fully saturated rings. The second kappa shape index (κ2) is 7.18. The van der Waals surface area contributed by atoms with Gasteiger partial charge >= 0.3 is 0 Å². The highest BCUT2D eigenvalue weighted by atomic mass is 35.5. The fraction of sp³-hybridized carbons (Fsp3) is 0.312. The first-order chi connectivity index (χ1) is 10.2. The molecule has 2 aromatic rings. The van der Waals surface area contributed by atoms with Gasteiger partial charge in [0.25, 0.3) is 0 Å². The Bertz CT molecular complexity index is 590. The molecule has 0 saturated carbocycles. The summed E-state index contributed by atoms with van der Waals surface area (Å²) in [7, 11) is 4.75. The Labute approximate surface area is 129 Å². The topological polar surface area (TPSA) is 40.6 Å². The lowest BCUT2D eigenvalue weighted by atomic mass is 10.0. The summed E-state index contributed by atoms with van der Waals surface area (Å²) in [6.45, 7) is 0. The molecular weight excluding hydrogens is 290 g/mol. The van der Waals surface area contributed by atoms with Crippen molar-refractivity contribution in [2.24, 2.45) is 0 Å². The summed E-state index contributed by atoms with van der Waals surface area (Å²) in [5, 5.41) is -0.269. The number of halogens is 1. The lowest BCUT2D eigenvalue weighted by molar-refractivity contribution is 0.322. The molecule has 0 aliphatic carbocycles. The van der Waals surface area contributed by atoms with E-state index in [0.717, 1.165) is 11.3 Å². The molecule has 2 rings (SSSR count). The summed E-state index contributed by atoms with van der Waals surface area (Å²) in [6, 6.07) is 9.48. The molecule has 1 heterocycles. The normalized spacial score (nSPS) is 11.8. The Morgan fingerprint density at radius 1 is 1.00 bits per heavy atom. The van der Waals surface area contributed by atoms with Crippen LogP contribution in [0.25, 0.3) is 0 Å². The highest BCUT2D eigenvalue weighted by Crippen LogP contribution is 2.44. The van der Waals surface area contributed by atoms with Crippen LogP contribution in [-0.4, -0.2) is 26.3 Å². The van der Waals surface area contributed by atoms with E-state index in [1.807, 2.05) is 30.3 Å². The number of hydrogen-bond donors (Lipinski definition) is 0.